The summed E-state index contributed by atoms with van der Waals surface area (Å²) in [7, 11) is 0. The molecule has 0 fully saturated rings. The van der Waals surface area contributed by atoms with Gasteiger partial charge in [-0.25, -0.2) is 0 Å². The third kappa shape index (κ3) is 5.10. The molecule has 2 aromatic rings. The molecule has 0 saturated carbocycles. The van der Waals surface area contributed by atoms with Gasteiger partial charge in [-0.3, -0.25) is 9.59 Å². The van der Waals surface area contributed by atoms with Crippen LogP contribution in [0, 0.1) is 6.92 Å². The van der Waals surface area contributed by atoms with Crippen molar-refractivity contribution in [2.75, 3.05) is 0 Å². The summed E-state index contributed by atoms with van der Waals surface area (Å²) in [6, 6.07) is 11.8. The molecule has 0 radical (unpaired) electrons. The number of primary amides is 2. The molecule has 0 atom stereocenters. The van der Waals surface area contributed by atoms with Crippen LogP contribution in [0.2, 0.25) is 10.0 Å². The van der Waals surface area contributed by atoms with Crippen LogP contribution in [0.4, 0.5) is 0 Å². The Hall–Kier alpha value is -2.04. The fourth-order valence-electron chi connectivity index (χ4n) is 1.63. The largest absolute Gasteiger partial charge is 0.366 e. The average Bonchev–Trinajstić information content (AvgIpc) is 2.38. The lowest BCUT2D eigenvalue weighted by atomic mass is 10.0. The summed E-state index contributed by atoms with van der Waals surface area (Å²) in [5.74, 6) is -1.11. The predicted molar refractivity (Wildman–Crippen MR) is 84.7 cm³/mol. The third-order valence-electron chi connectivity index (χ3n) is 2.65. The molecule has 6 heteroatoms. The quantitative estimate of drug-likeness (QED) is 0.888. The number of carbonyl (C=O) groups excluding carboxylic acids is 2. The van der Waals surface area contributed by atoms with Gasteiger partial charge < -0.3 is 11.5 Å². The van der Waals surface area contributed by atoms with Crippen LogP contribution in [-0.2, 0) is 0 Å². The van der Waals surface area contributed by atoms with Crippen molar-refractivity contribution in [3.63, 3.8) is 0 Å². The van der Waals surface area contributed by atoms with E-state index in [-0.39, 0.29) is 0 Å². The van der Waals surface area contributed by atoms with Gasteiger partial charge in [-0.1, -0.05) is 35.3 Å². The van der Waals surface area contributed by atoms with Crippen molar-refractivity contribution in [3.8, 4) is 0 Å². The molecule has 0 aliphatic carbocycles. The van der Waals surface area contributed by atoms with Gasteiger partial charge in [0.25, 0.3) is 0 Å². The van der Waals surface area contributed by atoms with Gasteiger partial charge in [0.1, 0.15) is 0 Å². The first-order chi connectivity index (χ1) is 9.82. The van der Waals surface area contributed by atoms with Gasteiger partial charge in [0.2, 0.25) is 11.8 Å². The van der Waals surface area contributed by atoms with Gasteiger partial charge in [0.05, 0.1) is 0 Å². The van der Waals surface area contributed by atoms with E-state index in [1.807, 2.05) is 6.07 Å². The van der Waals surface area contributed by atoms with Gasteiger partial charge in [-0.2, -0.15) is 0 Å². The summed E-state index contributed by atoms with van der Waals surface area (Å²) >= 11 is 11.1. The van der Waals surface area contributed by atoms with Crippen molar-refractivity contribution in [2.24, 2.45) is 11.5 Å². The third-order valence-corrected chi connectivity index (χ3v) is 3.12. The van der Waals surface area contributed by atoms with Crippen LogP contribution in [0.5, 0.6) is 0 Å². The maximum atomic E-state index is 10.9. The molecule has 0 aliphatic rings. The minimum atomic E-state index is -0.555. The van der Waals surface area contributed by atoms with Crippen molar-refractivity contribution >= 4 is 35.0 Å². The number of benzene rings is 2. The molecule has 2 aromatic carbocycles. The zero-order valence-corrected chi connectivity index (χ0v) is 12.8. The SMILES string of the molecule is Cc1c(C(N)=O)cccc1C(N)=O.Clc1cccc(Cl)c1. The Labute approximate surface area is 132 Å². The molecule has 2 amide bonds. The maximum Gasteiger partial charge on any atom is 0.248 e. The van der Waals surface area contributed by atoms with Crippen molar-refractivity contribution in [1.29, 1.82) is 0 Å². The summed E-state index contributed by atoms with van der Waals surface area (Å²) in [4.78, 5) is 21.7. The zero-order valence-electron chi connectivity index (χ0n) is 11.3. The van der Waals surface area contributed by atoms with Crippen molar-refractivity contribution in [3.05, 3.63) is 69.2 Å². The Morgan fingerprint density at radius 3 is 1.52 bits per heavy atom. The molecule has 21 heavy (non-hydrogen) atoms. The molecule has 0 bridgehead atoms. The minimum absolute atomic E-state index is 0.330. The Bertz CT molecular complexity index is 623. The highest BCUT2D eigenvalue weighted by Crippen LogP contribution is 2.14. The lowest BCUT2D eigenvalue weighted by molar-refractivity contribution is 0.0999. The topological polar surface area (TPSA) is 86.2 Å². The standard InChI is InChI=1S/C9H10N2O2.C6H4Cl2/c1-5-6(8(10)12)3-2-4-7(5)9(11)13;7-5-2-1-3-6(8)4-5/h2-4H,1H3,(H2,10,12)(H2,11,13);1-4H. The molecular formula is C15H14Cl2N2O2. The number of carbonyl (C=O) groups is 2. The number of hydrogen-bond donors (Lipinski definition) is 2. The molecule has 0 aliphatic heterocycles. The second-order valence-electron chi connectivity index (χ2n) is 4.15. The summed E-state index contributed by atoms with van der Waals surface area (Å²) in [5.41, 5.74) is 11.4. The molecular weight excluding hydrogens is 311 g/mol. The second-order valence-corrected chi connectivity index (χ2v) is 5.02. The van der Waals surface area contributed by atoms with E-state index in [0.29, 0.717) is 26.7 Å². The van der Waals surface area contributed by atoms with Gasteiger partial charge in [-0.05, 0) is 42.8 Å². The fraction of sp³-hybridized carbons (Fsp3) is 0.0667. The lowest BCUT2D eigenvalue weighted by Gasteiger charge is -2.04. The molecule has 4 N–H and O–H groups in total. The van der Waals surface area contributed by atoms with Crippen molar-refractivity contribution < 1.29 is 9.59 Å². The van der Waals surface area contributed by atoms with Crippen LogP contribution >= 0.6 is 23.2 Å². The van der Waals surface area contributed by atoms with Gasteiger partial charge >= 0.3 is 0 Å². The van der Waals surface area contributed by atoms with Crippen LogP contribution in [0.25, 0.3) is 0 Å². The average molecular weight is 325 g/mol. The van der Waals surface area contributed by atoms with E-state index in [0.717, 1.165) is 0 Å². The summed E-state index contributed by atoms with van der Waals surface area (Å²) in [5, 5.41) is 1.36. The fourth-order valence-corrected chi connectivity index (χ4v) is 2.07. The van der Waals surface area contributed by atoms with E-state index >= 15 is 0 Å². The predicted octanol–water partition coefficient (Wildman–Crippen LogP) is 3.19. The van der Waals surface area contributed by atoms with E-state index in [1.54, 1.807) is 43.3 Å². The first-order valence-corrected chi connectivity index (χ1v) is 6.68. The van der Waals surface area contributed by atoms with Crippen LogP contribution < -0.4 is 11.5 Å². The highest BCUT2D eigenvalue weighted by molar-refractivity contribution is 6.34. The summed E-state index contributed by atoms with van der Waals surface area (Å²) in [6.07, 6.45) is 0. The van der Waals surface area contributed by atoms with Crippen molar-refractivity contribution in [1.82, 2.24) is 0 Å². The van der Waals surface area contributed by atoms with Crippen LogP contribution in [-0.4, -0.2) is 11.8 Å². The maximum absolute atomic E-state index is 10.9. The van der Waals surface area contributed by atoms with Crippen molar-refractivity contribution in [2.45, 2.75) is 6.92 Å². The molecule has 2 rings (SSSR count). The van der Waals surface area contributed by atoms with E-state index in [1.165, 1.54) is 0 Å². The lowest BCUT2D eigenvalue weighted by Crippen LogP contribution is -2.18. The van der Waals surface area contributed by atoms with Crippen LogP contribution in [0.15, 0.2) is 42.5 Å². The molecule has 0 unspecified atom stereocenters. The number of hydrogen-bond acceptors (Lipinski definition) is 2. The molecule has 0 spiro atoms. The van der Waals surface area contributed by atoms with E-state index < -0.39 is 11.8 Å². The molecule has 0 saturated heterocycles. The Morgan fingerprint density at radius 1 is 0.857 bits per heavy atom. The number of nitrogens with two attached hydrogens (primary N) is 2. The number of halogens is 2. The molecule has 0 heterocycles. The Morgan fingerprint density at radius 2 is 1.24 bits per heavy atom. The second kappa shape index (κ2) is 7.67. The van der Waals surface area contributed by atoms with Crippen LogP contribution in [0.3, 0.4) is 0 Å². The Balaban J connectivity index is 0.000000235. The van der Waals surface area contributed by atoms with Gasteiger partial charge in [0.15, 0.2) is 0 Å². The normalized spacial score (nSPS) is 9.48. The number of rotatable bonds is 2. The highest BCUT2D eigenvalue weighted by atomic mass is 35.5. The molecule has 4 nitrogen and oxygen atoms in total. The summed E-state index contributed by atoms with van der Waals surface area (Å²) < 4.78 is 0. The molecule has 0 aromatic heterocycles. The highest BCUT2D eigenvalue weighted by Gasteiger charge is 2.10. The van der Waals surface area contributed by atoms with Gasteiger partial charge in [-0.15, -0.1) is 0 Å². The van der Waals surface area contributed by atoms with E-state index in [4.69, 9.17) is 34.7 Å². The number of amides is 2. The monoisotopic (exact) mass is 324 g/mol. The smallest absolute Gasteiger partial charge is 0.248 e. The van der Waals surface area contributed by atoms with Gasteiger partial charge in [0, 0.05) is 21.2 Å². The first kappa shape index (κ1) is 17.0. The van der Waals surface area contributed by atoms with E-state index in [2.05, 4.69) is 0 Å². The minimum Gasteiger partial charge on any atom is -0.366 e. The molecule has 110 valence electrons. The van der Waals surface area contributed by atoms with E-state index in [9.17, 15) is 9.59 Å². The van der Waals surface area contributed by atoms with Crippen LogP contribution in [0.1, 0.15) is 26.3 Å². The Kier molecular flexibility index (Phi) is 6.21. The first-order valence-electron chi connectivity index (χ1n) is 5.93. The summed E-state index contributed by atoms with van der Waals surface area (Å²) in [6.45, 7) is 1.64. The zero-order chi connectivity index (χ0) is 16.0.